The Morgan fingerprint density at radius 2 is 2.33 bits per heavy atom. The minimum Gasteiger partial charge on any atom is -0.472 e. The van der Waals surface area contributed by atoms with E-state index < -0.39 is 0 Å². The zero-order valence-corrected chi connectivity index (χ0v) is 7.25. The number of furan rings is 1. The van der Waals surface area contributed by atoms with Crippen molar-refractivity contribution < 1.29 is 4.42 Å². The molecule has 0 spiro atoms. The molecule has 3 heteroatoms. The van der Waals surface area contributed by atoms with Gasteiger partial charge >= 0.3 is 0 Å². The summed E-state index contributed by atoms with van der Waals surface area (Å²) in [5.74, 6) is 0. The van der Waals surface area contributed by atoms with Crippen molar-refractivity contribution in [1.29, 1.82) is 0 Å². The zero-order valence-electron chi connectivity index (χ0n) is 6.44. The standard InChI is InChI=1S/C9H9NOS/c10-9(7-3-4-11-6-7)8-2-1-5-12-8/h1-6,9H,10H2/t9-/m0/s1. The summed E-state index contributed by atoms with van der Waals surface area (Å²) in [6, 6.07) is 5.89. The molecule has 2 nitrogen and oxygen atoms in total. The second-order valence-electron chi connectivity index (χ2n) is 2.55. The van der Waals surface area contributed by atoms with Gasteiger partial charge in [0.05, 0.1) is 18.6 Å². The predicted molar refractivity (Wildman–Crippen MR) is 49.1 cm³/mol. The molecule has 0 radical (unpaired) electrons. The summed E-state index contributed by atoms with van der Waals surface area (Å²) in [6.07, 6.45) is 3.33. The number of hydrogen-bond acceptors (Lipinski definition) is 3. The molecule has 12 heavy (non-hydrogen) atoms. The van der Waals surface area contributed by atoms with E-state index >= 15 is 0 Å². The Labute approximate surface area is 74.6 Å². The Morgan fingerprint density at radius 3 is 2.92 bits per heavy atom. The van der Waals surface area contributed by atoms with E-state index in [1.165, 1.54) is 0 Å². The number of rotatable bonds is 2. The van der Waals surface area contributed by atoms with Crippen LogP contribution in [0.3, 0.4) is 0 Å². The molecule has 0 aromatic carbocycles. The molecule has 1 atom stereocenters. The first-order valence-electron chi connectivity index (χ1n) is 3.69. The second-order valence-corrected chi connectivity index (χ2v) is 3.53. The first kappa shape index (κ1) is 7.58. The monoisotopic (exact) mass is 179 g/mol. The minimum atomic E-state index is -0.0382. The summed E-state index contributed by atoms with van der Waals surface area (Å²) in [5.41, 5.74) is 6.98. The van der Waals surface area contributed by atoms with Gasteiger partial charge in [0.2, 0.25) is 0 Å². The third kappa shape index (κ3) is 1.29. The van der Waals surface area contributed by atoms with Gasteiger partial charge in [-0.2, -0.15) is 0 Å². The smallest absolute Gasteiger partial charge is 0.0954 e. The normalized spacial score (nSPS) is 13.1. The van der Waals surface area contributed by atoms with E-state index in [1.807, 2.05) is 23.6 Å². The Morgan fingerprint density at radius 1 is 1.42 bits per heavy atom. The van der Waals surface area contributed by atoms with Crippen LogP contribution in [0.1, 0.15) is 16.5 Å². The molecule has 0 aliphatic heterocycles. The van der Waals surface area contributed by atoms with Gasteiger partial charge < -0.3 is 10.2 Å². The third-order valence-corrected chi connectivity index (χ3v) is 2.71. The molecule has 2 heterocycles. The highest BCUT2D eigenvalue weighted by molar-refractivity contribution is 7.10. The average Bonchev–Trinajstić information content (AvgIpc) is 2.77. The molecule has 0 unspecified atom stereocenters. The molecule has 0 bridgehead atoms. The van der Waals surface area contributed by atoms with Gasteiger partial charge in [-0.05, 0) is 17.5 Å². The van der Waals surface area contributed by atoms with Gasteiger partial charge in [-0.1, -0.05) is 6.07 Å². The zero-order chi connectivity index (χ0) is 8.39. The Balaban J connectivity index is 2.27. The topological polar surface area (TPSA) is 39.2 Å². The van der Waals surface area contributed by atoms with Gasteiger partial charge in [0, 0.05) is 10.4 Å². The maximum absolute atomic E-state index is 5.96. The molecule has 0 aliphatic carbocycles. The molecular formula is C9H9NOS. The summed E-state index contributed by atoms with van der Waals surface area (Å²) in [7, 11) is 0. The summed E-state index contributed by atoms with van der Waals surface area (Å²) in [6.45, 7) is 0. The van der Waals surface area contributed by atoms with Gasteiger partial charge in [-0.3, -0.25) is 0 Å². The van der Waals surface area contributed by atoms with E-state index in [0.29, 0.717) is 0 Å². The van der Waals surface area contributed by atoms with Crippen LogP contribution in [0.25, 0.3) is 0 Å². The van der Waals surface area contributed by atoms with E-state index in [4.69, 9.17) is 10.2 Å². The first-order valence-corrected chi connectivity index (χ1v) is 4.57. The van der Waals surface area contributed by atoms with Crippen LogP contribution in [0.4, 0.5) is 0 Å². The van der Waals surface area contributed by atoms with Crippen molar-refractivity contribution in [2.45, 2.75) is 6.04 Å². The Hall–Kier alpha value is -1.06. The van der Waals surface area contributed by atoms with Gasteiger partial charge in [0.15, 0.2) is 0 Å². The van der Waals surface area contributed by atoms with Crippen LogP contribution >= 0.6 is 11.3 Å². The van der Waals surface area contributed by atoms with Crippen molar-refractivity contribution >= 4 is 11.3 Å². The lowest BCUT2D eigenvalue weighted by molar-refractivity contribution is 0.562. The lowest BCUT2D eigenvalue weighted by Crippen LogP contribution is -2.08. The lowest BCUT2D eigenvalue weighted by Gasteiger charge is -2.04. The third-order valence-electron chi connectivity index (χ3n) is 1.75. The highest BCUT2D eigenvalue weighted by Crippen LogP contribution is 2.23. The molecule has 62 valence electrons. The molecule has 2 N–H and O–H groups in total. The van der Waals surface area contributed by atoms with Crippen LogP contribution in [-0.4, -0.2) is 0 Å². The van der Waals surface area contributed by atoms with Crippen LogP contribution in [-0.2, 0) is 0 Å². The van der Waals surface area contributed by atoms with Gasteiger partial charge in [-0.15, -0.1) is 11.3 Å². The van der Waals surface area contributed by atoms with Gasteiger partial charge in [-0.25, -0.2) is 0 Å². The number of hydrogen-bond donors (Lipinski definition) is 1. The Bertz CT molecular complexity index is 291. The molecule has 2 rings (SSSR count). The van der Waals surface area contributed by atoms with E-state index in [9.17, 15) is 0 Å². The molecule has 0 amide bonds. The fourth-order valence-corrected chi connectivity index (χ4v) is 1.84. The van der Waals surface area contributed by atoms with Crippen LogP contribution < -0.4 is 5.73 Å². The quantitative estimate of drug-likeness (QED) is 0.768. The second kappa shape index (κ2) is 3.13. The maximum Gasteiger partial charge on any atom is 0.0954 e. The van der Waals surface area contributed by atoms with Crippen molar-refractivity contribution in [3.05, 3.63) is 46.5 Å². The fourth-order valence-electron chi connectivity index (χ4n) is 1.08. The highest BCUT2D eigenvalue weighted by atomic mass is 32.1. The minimum absolute atomic E-state index is 0.0382. The summed E-state index contributed by atoms with van der Waals surface area (Å²) < 4.78 is 4.96. The summed E-state index contributed by atoms with van der Waals surface area (Å²) in [4.78, 5) is 1.16. The van der Waals surface area contributed by atoms with Crippen molar-refractivity contribution in [2.24, 2.45) is 5.73 Å². The van der Waals surface area contributed by atoms with E-state index in [-0.39, 0.29) is 6.04 Å². The summed E-state index contributed by atoms with van der Waals surface area (Å²) in [5, 5.41) is 2.02. The molecule has 0 aliphatic rings. The highest BCUT2D eigenvalue weighted by Gasteiger charge is 2.09. The molecular weight excluding hydrogens is 170 g/mol. The molecule has 2 aromatic heterocycles. The molecule has 0 saturated heterocycles. The Kier molecular flexibility index (Phi) is 1.98. The van der Waals surface area contributed by atoms with Crippen molar-refractivity contribution in [3.63, 3.8) is 0 Å². The fraction of sp³-hybridized carbons (Fsp3) is 0.111. The largest absolute Gasteiger partial charge is 0.472 e. The van der Waals surface area contributed by atoms with E-state index in [0.717, 1.165) is 10.4 Å². The van der Waals surface area contributed by atoms with E-state index in [2.05, 4.69) is 0 Å². The first-order chi connectivity index (χ1) is 5.88. The maximum atomic E-state index is 5.96. The van der Waals surface area contributed by atoms with Crippen LogP contribution in [0, 0.1) is 0 Å². The lowest BCUT2D eigenvalue weighted by atomic mass is 10.1. The van der Waals surface area contributed by atoms with Crippen molar-refractivity contribution in [2.75, 3.05) is 0 Å². The van der Waals surface area contributed by atoms with Gasteiger partial charge in [0.25, 0.3) is 0 Å². The number of nitrogens with two attached hydrogens (primary N) is 1. The SMILES string of the molecule is N[C@@H](c1ccoc1)c1cccs1. The van der Waals surface area contributed by atoms with Crippen LogP contribution in [0.2, 0.25) is 0 Å². The summed E-state index contributed by atoms with van der Waals surface area (Å²) >= 11 is 1.66. The molecule has 0 fully saturated rings. The average molecular weight is 179 g/mol. The number of thiophene rings is 1. The van der Waals surface area contributed by atoms with Crippen LogP contribution in [0.15, 0.2) is 40.5 Å². The van der Waals surface area contributed by atoms with E-state index in [1.54, 1.807) is 23.9 Å². The van der Waals surface area contributed by atoms with Gasteiger partial charge in [0.1, 0.15) is 0 Å². The molecule has 0 saturated carbocycles. The van der Waals surface area contributed by atoms with Crippen molar-refractivity contribution in [1.82, 2.24) is 0 Å². The van der Waals surface area contributed by atoms with Crippen LogP contribution in [0.5, 0.6) is 0 Å². The predicted octanol–water partition coefficient (Wildman–Crippen LogP) is 2.39. The van der Waals surface area contributed by atoms with Crippen molar-refractivity contribution in [3.8, 4) is 0 Å². The molecule has 2 aromatic rings.